The van der Waals surface area contributed by atoms with E-state index < -0.39 is 47.7 Å². The molecule has 7 atom stereocenters. The smallest absolute Gasteiger partial charge is 0.312 e. The third-order valence-electron chi connectivity index (χ3n) is 8.49. The van der Waals surface area contributed by atoms with Crippen LogP contribution in [0.1, 0.15) is 72.1 Å². The Labute approximate surface area is 238 Å². The highest BCUT2D eigenvalue weighted by atomic mass is 16.6. The number of carbonyl (C=O) groups excluding carboxylic acids is 4. The van der Waals surface area contributed by atoms with Crippen molar-refractivity contribution in [2.45, 2.75) is 102 Å². The van der Waals surface area contributed by atoms with Gasteiger partial charge in [0.25, 0.3) is 0 Å². The van der Waals surface area contributed by atoms with Crippen molar-refractivity contribution in [1.29, 1.82) is 0 Å². The Morgan fingerprint density at radius 3 is 2.65 bits per heavy atom. The van der Waals surface area contributed by atoms with Crippen LogP contribution in [0.15, 0.2) is 25.3 Å². The molecule has 10 nitrogen and oxygen atoms in total. The number of fused-ring (bicyclic) bond motifs is 1. The summed E-state index contributed by atoms with van der Waals surface area (Å²) in [7, 11) is 0. The van der Waals surface area contributed by atoms with Gasteiger partial charge in [-0.3, -0.25) is 19.2 Å². The maximum atomic E-state index is 14.2. The predicted octanol–water partition coefficient (Wildman–Crippen LogP) is 2.35. The minimum absolute atomic E-state index is 0.146. The number of likely N-dealkylation sites (tertiary alicyclic amines) is 1. The van der Waals surface area contributed by atoms with E-state index >= 15 is 0 Å². The lowest BCUT2D eigenvalue weighted by atomic mass is 9.70. The van der Waals surface area contributed by atoms with Gasteiger partial charge in [0, 0.05) is 19.5 Å². The molecule has 2 N–H and O–H groups in total. The van der Waals surface area contributed by atoms with Gasteiger partial charge in [0.05, 0.1) is 37.1 Å². The largest absolute Gasteiger partial charge is 0.460 e. The molecule has 0 aromatic rings. The molecule has 0 saturated carbocycles. The summed E-state index contributed by atoms with van der Waals surface area (Å²) >= 11 is 0. The van der Waals surface area contributed by atoms with Gasteiger partial charge in [0.15, 0.2) is 0 Å². The number of carbonyl (C=O) groups is 4. The van der Waals surface area contributed by atoms with E-state index in [0.717, 1.165) is 19.3 Å². The second kappa shape index (κ2) is 14.3. The summed E-state index contributed by atoms with van der Waals surface area (Å²) in [6.45, 7) is 13.8. The first kappa shape index (κ1) is 31.8. The number of esters is 1. The van der Waals surface area contributed by atoms with Crippen molar-refractivity contribution in [1.82, 2.24) is 15.1 Å². The molecule has 40 heavy (non-hydrogen) atoms. The van der Waals surface area contributed by atoms with Gasteiger partial charge >= 0.3 is 5.97 Å². The number of aliphatic hydroxyl groups is 1. The summed E-state index contributed by atoms with van der Waals surface area (Å²) in [5, 5.41) is 12.9. The maximum Gasteiger partial charge on any atom is 0.312 e. The molecule has 2 bridgehead atoms. The fraction of sp³-hybridized carbons (Fsp3) is 0.733. The zero-order valence-electron chi connectivity index (χ0n) is 24.3. The van der Waals surface area contributed by atoms with Gasteiger partial charge in [-0.25, -0.2) is 0 Å². The molecule has 224 valence electrons. The third kappa shape index (κ3) is 6.28. The number of nitrogens with zero attached hydrogens (tertiary/aromatic N) is 2. The van der Waals surface area contributed by atoms with Crippen molar-refractivity contribution >= 4 is 23.7 Å². The molecular weight excluding hydrogens is 514 g/mol. The molecule has 0 aromatic heterocycles. The average Bonchev–Trinajstić information content (AvgIpc) is 3.58. The molecular formula is C30H47N3O7. The van der Waals surface area contributed by atoms with E-state index in [-0.39, 0.29) is 30.9 Å². The molecule has 10 heteroatoms. The number of rotatable bonds is 17. The highest BCUT2D eigenvalue weighted by Crippen LogP contribution is 2.59. The topological polar surface area (TPSA) is 125 Å². The Hall–Kier alpha value is -2.72. The van der Waals surface area contributed by atoms with Crippen molar-refractivity contribution in [2.75, 3.05) is 26.2 Å². The van der Waals surface area contributed by atoms with E-state index in [1.807, 2.05) is 6.92 Å². The Balaban J connectivity index is 1.86. The first-order chi connectivity index (χ1) is 19.2. The minimum Gasteiger partial charge on any atom is -0.460 e. The number of allylic oxidation sites excluding steroid dienone is 1. The third-order valence-corrected chi connectivity index (χ3v) is 8.49. The summed E-state index contributed by atoms with van der Waals surface area (Å²) in [4.78, 5) is 56.9. The van der Waals surface area contributed by atoms with Crippen LogP contribution in [0.2, 0.25) is 0 Å². The van der Waals surface area contributed by atoms with Gasteiger partial charge in [0.1, 0.15) is 17.7 Å². The number of nitrogens with one attached hydrogen (secondary N) is 1. The average molecular weight is 562 g/mol. The van der Waals surface area contributed by atoms with E-state index in [1.54, 1.807) is 24.0 Å². The van der Waals surface area contributed by atoms with Crippen LogP contribution in [-0.4, -0.2) is 94.7 Å². The van der Waals surface area contributed by atoms with Crippen molar-refractivity contribution in [3.05, 3.63) is 25.3 Å². The number of hydrogen-bond acceptors (Lipinski definition) is 7. The summed E-state index contributed by atoms with van der Waals surface area (Å²) in [5.74, 6) is -3.03. The second-order valence-electron chi connectivity index (χ2n) is 11.2. The molecule has 0 aliphatic carbocycles. The van der Waals surface area contributed by atoms with E-state index in [4.69, 9.17) is 9.47 Å². The lowest BCUT2D eigenvalue weighted by Gasteiger charge is -2.39. The van der Waals surface area contributed by atoms with Crippen molar-refractivity contribution in [2.24, 2.45) is 11.8 Å². The predicted molar refractivity (Wildman–Crippen MR) is 150 cm³/mol. The fourth-order valence-corrected chi connectivity index (χ4v) is 6.52. The first-order valence-electron chi connectivity index (χ1n) is 14.8. The van der Waals surface area contributed by atoms with Gasteiger partial charge < -0.3 is 29.7 Å². The van der Waals surface area contributed by atoms with E-state index in [1.165, 1.54) is 4.90 Å². The SMILES string of the molecule is C=CCCC(=O)NC[C@H](C)OC(=O)[C@@H]1[C@@H]2CC[C@]3(O2)[C@H](C(=O)N(CC=C)CCCCC)N([C@@H](CC)CO)C(=O)[C@@H]13. The molecule has 0 aromatic carbocycles. The number of ether oxygens (including phenoxy) is 2. The number of aliphatic hydroxyl groups excluding tert-OH is 1. The molecule has 3 amide bonds. The number of amides is 3. The monoisotopic (exact) mass is 561 g/mol. The Kier molecular flexibility index (Phi) is 11.3. The van der Waals surface area contributed by atoms with Crippen LogP contribution < -0.4 is 5.32 Å². The van der Waals surface area contributed by atoms with Crippen LogP contribution in [0, 0.1) is 11.8 Å². The molecule has 3 heterocycles. The van der Waals surface area contributed by atoms with Crippen LogP contribution in [-0.2, 0) is 28.7 Å². The molecule has 3 rings (SSSR count). The standard InChI is InChI=1S/C30H47N3O7/c1-6-10-12-17-32(16-8-3)28(37)26-30-15-14-22(40-30)24(25(30)27(36)33(26)21(9-4)19-34)29(38)39-20(5)18-31-23(35)13-11-7-2/h7-8,20-22,24-26,34H,2-3,6,9-19H2,1,4-5H3,(H,31,35)/t20-,21-,22-,24+,25+,26-,30+/m0/s1. The summed E-state index contributed by atoms with van der Waals surface area (Å²) < 4.78 is 12.2. The Morgan fingerprint density at radius 1 is 1.27 bits per heavy atom. The van der Waals surface area contributed by atoms with Crippen LogP contribution in [0.25, 0.3) is 0 Å². The van der Waals surface area contributed by atoms with Crippen molar-refractivity contribution < 1.29 is 33.8 Å². The fourth-order valence-electron chi connectivity index (χ4n) is 6.52. The zero-order valence-corrected chi connectivity index (χ0v) is 24.3. The Morgan fingerprint density at radius 2 is 2.02 bits per heavy atom. The zero-order chi connectivity index (χ0) is 29.4. The van der Waals surface area contributed by atoms with Crippen LogP contribution in [0.3, 0.4) is 0 Å². The van der Waals surface area contributed by atoms with Gasteiger partial charge in [0.2, 0.25) is 17.7 Å². The Bertz CT molecular complexity index is 952. The lowest BCUT2D eigenvalue weighted by Crippen LogP contribution is -2.58. The van der Waals surface area contributed by atoms with Crippen molar-refractivity contribution in [3.8, 4) is 0 Å². The van der Waals surface area contributed by atoms with Gasteiger partial charge in [-0.05, 0) is 39.0 Å². The highest BCUT2D eigenvalue weighted by Gasteiger charge is 2.75. The quantitative estimate of drug-likeness (QED) is 0.159. The normalized spacial score (nSPS) is 28.1. The van der Waals surface area contributed by atoms with Gasteiger partial charge in [-0.1, -0.05) is 38.8 Å². The van der Waals surface area contributed by atoms with E-state index in [9.17, 15) is 24.3 Å². The van der Waals surface area contributed by atoms with E-state index in [2.05, 4.69) is 25.4 Å². The molecule has 0 unspecified atom stereocenters. The van der Waals surface area contributed by atoms with Crippen LogP contribution in [0.4, 0.5) is 0 Å². The second-order valence-corrected chi connectivity index (χ2v) is 11.2. The molecule has 0 radical (unpaired) electrons. The molecule has 1 spiro atoms. The molecule has 3 aliphatic heterocycles. The molecule has 3 aliphatic rings. The molecule has 3 saturated heterocycles. The van der Waals surface area contributed by atoms with Crippen LogP contribution in [0.5, 0.6) is 0 Å². The number of hydrogen-bond donors (Lipinski definition) is 2. The lowest BCUT2D eigenvalue weighted by molar-refractivity contribution is -0.160. The summed E-state index contributed by atoms with van der Waals surface area (Å²) in [6, 6.07) is -1.51. The summed E-state index contributed by atoms with van der Waals surface area (Å²) in [6.07, 6.45) is 7.30. The van der Waals surface area contributed by atoms with E-state index in [0.29, 0.717) is 45.2 Å². The number of unbranched alkanes of at least 4 members (excludes halogenated alkanes) is 2. The van der Waals surface area contributed by atoms with Gasteiger partial charge in [-0.2, -0.15) is 0 Å². The van der Waals surface area contributed by atoms with Gasteiger partial charge in [-0.15, -0.1) is 13.2 Å². The first-order valence-corrected chi connectivity index (χ1v) is 14.8. The summed E-state index contributed by atoms with van der Waals surface area (Å²) in [5.41, 5.74) is -1.16. The molecule has 3 fully saturated rings. The highest BCUT2D eigenvalue weighted by molar-refractivity contribution is 5.98. The maximum absolute atomic E-state index is 14.2. The minimum atomic E-state index is -1.16. The van der Waals surface area contributed by atoms with Crippen LogP contribution >= 0.6 is 0 Å². The van der Waals surface area contributed by atoms with Crippen molar-refractivity contribution in [3.63, 3.8) is 0 Å².